The van der Waals surface area contributed by atoms with Gasteiger partial charge in [0.25, 0.3) is 0 Å². The monoisotopic (exact) mass is 260 g/mol. The number of benzene rings is 1. The van der Waals surface area contributed by atoms with Gasteiger partial charge in [-0.2, -0.15) is 0 Å². The molecule has 1 aromatic heterocycles. The van der Waals surface area contributed by atoms with E-state index in [1.807, 2.05) is 19.2 Å². The Morgan fingerprint density at radius 1 is 1.16 bits per heavy atom. The predicted octanol–water partition coefficient (Wildman–Crippen LogP) is 3.25. The Bertz CT molecular complexity index is 582. The summed E-state index contributed by atoms with van der Waals surface area (Å²) in [5.41, 5.74) is 2.92. The van der Waals surface area contributed by atoms with E-state index in [2.05, 4.69) is 18.3 Å². The van der Waals surface area contributed by atoms with Gasteiger partial charge < -0.3 is 14.8 Å². The number of aryl methyl sites for hydroxylation is 1. The summed E-state index contributed by atoms with van der Waals surface area (Å²) in [5.74, 6) is 1.57. The van der Waals surface area contributed by atoms with Crippen LogP contribution in [-0.2, 0) is 6.42 Å². The Labute approximate surface area is 113 Å². The van der Waals surface area contributed by atoms with Crippen LogP contribution in [0.3, 0.4) is 0 Å². The molecule has 0 aliphatic carbocycles. The van der Waals surface area contributed by atoms with E-state index in [0.29, 0.717) is 0 Å². The zero-order valence-electron chi connectivity index (χ0n) is 11.9. The van der Waals surface area contributed by atoms with Crippen LogP contribution in [0.4, 0.5) is 5.69 Å². The lowest BCUT2D eigenvalue weighted by atomic mass is 10.1. The molecule has 1 aromatic carbocycles. The Hall–Kier alpha value is -1.97. The summed E-state index contributed by atoms with van der Waals surface area (Å²) < 4.78 is 10.8. The van der Waals surface area contributed by atoms with Crippen LogP contribution >= 0.6 is 0 Å². The lowest BCUT2D eigenvalue weighted by Crippen LogP contribution is -2.00. The van der Waals surface area contributed by atoms with Crippen molar-refractivity contribution in [2.24, 2.45) is 0 Å². The van der Waals surface area contributed by atoms with Crippen molar-refractivity contribution in [2.45, 2.75) is 19.8 Å². The van der Waals surface area contributed by atoms with Crippen LogP contribution < -0.4 is 14.8 Å². The van der Waals surface area contributed by atoms with Gasteiger partial charge in [-0.3, -0.25) is 0 Å². The molecule has 0 amide bonds. The molecule has 0 fully saturated rings. The average molecular weight is 260 g/mol. The van der Waals surface area contributed by atoms with Gasteiger partial charge >= 0.3 is 0 Å². The van der Waals surface area contributed by atoms with Crippen molar-refractivity contribution in [2.75, 3.05) is 26.6 Å². The van der Waals surface area contributed by atoms with Crippen molar-refractivity contribution in [1.29, 1.82) is 0 Å². The minimum atomic E-state index is 0.769. The van der Waals surface area contributed by atoms with Gasteiger partial charge in [0.2, 0.25) is 0 Å². The highest BCUT2D eigenvalue weighted by Crippen LogP contribution is 2.37. The molecule has 4 nitrogen and oxygen atoms in total. The number of nitrogens with one attached hydrogen (secondary N) is 1. The molecule has 0 radical (unpaired) electrons. The maximum atomic E-state index is 5.43. The van der Waals surface area contributed by atoms with Crippen LogP contribution in [0.25, 0.3) is 10.9 Å². The third kappa shape index (κ3) is 2.43. The number of pyridine rings is 1. The molecule has 1 heterocycles. The second kappa shape index (κ2) is 5.78. The quantitative estimate of drug-likeness (QED) is 0.896. The molecule has 0 atom stereocenters. The minimum Gasteiger partial charge on any atom is -0.496 e. The minimum absolute atomic E-state index is 0.769. The number of nitrogens with zero attached hydrogens (tertiary/aromatic N) is 1. The van der Waals surface area contributed by atoms with Crippen molar-refractivity contribution in [1.82, 2.24) is 4.98 Å². The average Bonchev–Trinajstić information content (AvgIpc) is 2.45. The van der Waals surface area contributed by atoms with Crippen LogP contribution in [0.2, 0.25) is 0 Å². The lowest BCUT2D eigenvalue weighted by molar-refractivity contribution is 0.410. The van der Waals surface area contributed by atoms with Gasteiger partial charge in [0.1, 0.15) is 17.0 Å². The van der Waals surface area contributed by atoms with Crippen LogP contribution in [0.1, 0.15) is 19.0 Å². The van der Waals surface area contributed by atoms with Gasteiger partial charge in [-0.05, 0) is 24.6 Å². The molecule has 1 N–H and O–H groups in total. The molecule has 2 aromatic rings. The molecule has 0 bridgehead atoms. The molecule has 0 saturated heterocycles. The first-order valence-corrected chi connectivity index (χ1v) is 6.47. The number of hydrogen-bond donors (Lipinski definition) is 1. The van der Waals surface area contributed by atoms with Crippen LogP contribution in [0, 0.1) is 0 Å². The molecule has 0 aliphatic heterocycles. The number of fused-ring (bicyclic) bond motifs is 1. The van der Waals surface area contributed by atoms with Crippen molar-refractivity contribution in [3.05, 3.63) is 23.9 Å². The highest BCUT2D eigenvalue weighted by molar-refractivity contribution is 5.99. The summed E-state index contributed by atoms with van der Waals surface area (Å²) in [6.45, 7) is 2.15. The first-order valence-electron chi connectivity index (χ1n) is 6.47. The molecular weight excluding hydrogens is 240 g/mol. The van der Waals surface area contributed by atoms with Gasteiger partial charge in [-0.25, -0.2) is 4.98 Å². The largest absolute Gasteiger partial charge is 0.496 e. The van der Waals surface area contributed by atoms with Gasteiger partial charge in [0, 0.05) is 18.4 Å². The van der Waals surface area contributed by atoms with Crippen LogP contribution in [0.5, 0.6) is 11.5 Å². The van der Waals surface area contributed by atoms with Crippen molar-refractivity contribution in [3.63, 3.8) is 0 Å². The maximum absolute atomic E-state index is 5.43. The van der Waals surface area contributed by atoms with Crippen molar-refractivity contribution >= 4 is 16.6 Å². The molecule has 0 spiro atoms. The van der Waals surface area contributed by atoms with Gasteiger partial charge in [-0.15, -0.1) is 0 Å². The smallest absolute Gasteiger partial charge is 0.145 e. The normalized spacial score (nSPS) is 10.5. The summed E-state index contributed by atoms with van der Waals surface area (Å²) in [6.07, 6.45) is 2.01. The second-order valence-electron chi connectivity index (χ2n) is 4.35. The van der Waals surface area contributed by atoms with E-state index in [0.717, 1.165) is 46.6 Å². The zero-order valence-corrected chi connectivity index (χ0v) is 11.9. The summed E-state index contributed by atoms with van der Waals surface area (Å²) in [6, 6.07) is 5.88. The van der Waals surface area contributed by atoms with Gasteiger partial charge in [-0.1, -0.05) is 13.3 Å². The third-order valence-corrected chi connectivity index (χ3v) is 3.15. The van der Waals surface area contributed by atoms with E-state index >= 15 is 0 Å². The number of ether oxygens (including phenoxy) is 2. The topological polar surface area (TPSA) is 43.4 Å². The van der Waals surface area contributed by atoms with Gasteiger partial charge in [0.15, 0.2) is 0 Å². The molecule has 102 valence electrons. The van der Waals surface area contributed by atoms with Crippen molar-refractivity contribution in [3.8, 4) is 11.5 Å². The van der Waals surface area contributed by atoms with E-state index < -0.39 is 0 Å². The Morgan fingerprint density at radius 3 is 2.42 bits per heavy atom. The molecule has 2 rings (SSSR count). The molecular formula is C15H20N2O2. The molecule has 0 saturated carbocycles. The van der Waals surface area contributed by atoms with Crippen molar-refractivity contribution < 1.29 is 9.47 Å². The predicted molar refractivity (Wildman–Crippen MR) is 78.4 cm³/mol. The fraction of sp³-hybridized carbons (Fsp3) is 0.400. The number of aromatic nitrogens is 1. The van der Waals surface area contributed by atoms with E-state index in [1.165, 1.54) is 0 Å². The maximum Gasteiger partial charge on any atom is 0.145 e. The Morgan fingerprint density at radius 2 is 1.84 bits per heavy atom. The fourth-order valence-electron chi connectivity index (χ4n) is 2.26. The van der Waals surface area contributed by atoms with E-state index in [1.54, 1.807) is 14.2 Å². The molecule has 4 heteroatoms. The Kier molecular flexibility index (Phi) is 4.10. The number of anilines is 1. The van der Waals surface area contributed by atoms with Crippen LogP contribution in [0.15, 0.2) is 18.2 Å². The summed E-state index contributed by atoms with van der Waals surface area (Å²) in [5, 5.41) is 4.18. The first-order chi connectivity index (χ1) is 9.24. The SMILES string of the molecule is CCCc1cc(NC)c2c(OC)ccc(OC)c2n1. The lowest BCUT2D eigenvalue weighted by Gasteiger charge is -2.14. The summed E-state index contributed by atoms with van der Waals surface area (Å²) in [7, 11) is 5.23. The summed E-state index contributed by atoms with van der Waals surface area (Å²) >= 11 is 0. The zero-order chi connectivity index (χ0) is 13.8. The second-order valence-corrected chi connectivity index (χ2v) is 4.35. The van der Waals surface area contributed by atoms with E-state index in [9.17, 15) is 0 Å². The third-order valence-electron chi connectivity index (χ3n) is 3.15. The van der Waals surface area contributed by atoms with E-state index in [4.69, 9.17) is 14.5 Å². The molecule has 0 unspecified atom stereocenters. The first kappa shape index (κ1) is 13.5. The molecule has 0 aliphatic rings. The fourth-order valence-corrected chi connectivity index (χ4v) is 2.26. The number of hydrogen-bond acceptors (Lipinski definition) is 4. The summed E-state index contributed by atoms with van der Waals surface area (Å²) in [4.78, 5) is 4.71. The Balaban J connectivity index is 2.78. The number of methoxy groups -OCH3 is 2. The highest BCUT2D eigenvalue weighted by atomic mass is 16.5. The van der Waals surface area contributed by atoms with Gasteiger partial charge in [0.05, 0.1) is 19.6 Å². The molecule has 19 heavy (non-hydrogen) atoms. The van der Waals surface area contributed by atoms with E-state index in [-0.39, 0.29) is 0 Å². The van der Waals surface area contributed by atoms with Crippen LogP contribution in [-0.4, -0.2) is 26.3 Å². The number of rotatable bonds is 5. The highest BCUT2D eigenvalue weighted by Gasteiger charge is 2.14. The standard InChI is InChI=1S/C15H20N2O2/c1-5-6-10-9-11(16-2)14-12(18-3)7-8-13(19-4)15(14)17-10/h7-9H,5-6H2,1-4H3,(H,16,17).